The van der Waals surface area contributed by atoms with Gasteiger partial charge in [-0.1, -0.05) is 0 Å². The molecule has 1 aromatic rings. The van der Waals surface area contributed by atoms with E-state index in [0.717, 1.165) is 0 Å². The van der Waals surface area contributed by atoms with E-state index in [1.54, 1.807) is 17.0 Å². The second-order valence-corrected chi connectivity index (χ2v) is 5.37. The van der Waals surface area contributed by atoms with E-state index in [1.165, 1.54) is 13.2 Å². The molecule has 1 aromatic carbocycles. The number of morpholine rings is 1. The lowest BCUT2D eigenvalue weighted by Crippen LogP contribution is -2.40. The quantitative estimate of drug-likeness (QED) is 0.612. The molecule has 1 heterocycles. The van der Waals surface area contributed by atoms with Crippen LogP contribution in [0.5, 0.6) is 0 Å². The molecule has 1 atom stereocenters. The number of esters is 1. The number of nitrogens with zero attached hydrogens (tertiary/aromatic N) is 1. The van der Waals surface area contributed by atoms with Gasteiger partial charge < -0.3 is 29.9 Å². The Labute approximate surface area is 140 Å². The van der Waals surface area contributed by atoms with Gasteiger partial charge in [0.25, 0.3) is 5.91 Å². The lowest BCUT2D eigenvalue weighted by molar-refractivity contribution is 0.0303. The van der Waals surface area contributed by atoms with E-state index >= 15 is 0 Å². The molecule has 1 aliphatic heterocycles. The second-order valence-electron chi connectivity index (χ2n) is 5.37. The Kier molecular flexibility index (Phi) is 6.53. The lowest BCUT2D eigenvalue weighted by atomic mass is 10.1. The molecule has 0 saturated carbocycles. The molecule has 24 heavy (non-hydrogen) atoms. The van der Waals surface area contributed by atoms with E-state index < -0.39 is 18.7 Å². The molecule has 3 N–H and O–H groups in total. The van der Waals surface area contributed by atoms with Crippen molar-refractivity contribution in [2.24, 2.45) is 0 Å². The summed E-state index contributed by atoms with van der Waals surface area (Å²) in [4.78, 5) is 26.1. The average molecular weight is 338 g/mol. The number of hydrogen-bond donors (Lipinski definition) is 3. The third kappa shape index (κ3) is 4.44. The number of carbonyl (C=O) groups excluding carboxylic acids is 2. The van der Waals surface area contributed by atoms with Crippen molar-refractivity contribution in [1.82, 2.24) is 4.90 Å². The molecular formula is C16H22N2O6. The molecule has 8 nitrogen and oxygen atoms in total. The maximum atomic E-state index is 12.5. The van der Waals surface area contributed by atoms with E-state index in [1.807, 2.05) is 0 Å². The normalized spacial score (nSPS) is 15.7. The number of benzene rings is 1. The van der Waals surface area contributed by atoms with Crippen molar-refractivity contribution in [1.29, 1.82) is 0 Å². The highest BCUT2D eigenvalue weighted by atomic mass is 16.5. The third-order valence-corrected chi connectivity index (χ3v) is 3.71. The minimum Gasteiger partial charge on any atom is -0.465 e. The molecule has 1 amide bonds. The Balaban J connectivity index is 2.23. The summed E-state index contributed by atoms with van der Waals surface area (Å²) in [6.07, 6.45) is -0.978. The molecule has 0 aromatic heterocycles. The minimum absolute atomic E-state index is 0.0374. The topological polar surface area (TPSA) is 108 Å². The Bertz CT molecular complexity index is 586. The largest absolute Gasteiger partial charge is 0.465 e. The molecule has 0 aliphatic carbocycles. The molecule has 1 unspecified atom stereocenters. The highest BCUT2D eigenvalue weighted by molar-refractivity contribution is 6.00. The first-order chi connectivity index (χ1) is 11.6. The molecule has 1 fully saturated rings. The molecule has 132 valence electrons. The predicted octanol–water partition coefficient (Wildman–Crippen LogP) is -0.289. The Morgan fingerprint density at radius 2 is 2.08 bits per heavy atom. The molecule has 0 bridgehead atoms. The predicted molar refractivity (Wildman–Crippen MR) is 86.1 cm³/mol. The van der Waals surface area contributed by atoms with Gasteiger partial charge in [-0.2, -0.15) is 0 Å². The Hall–Kier alpha value is -2.16. The van der Waals surface area contributed by atoms with Crippen LogP contribution in [0.2, 0.25) is 0 Å². The molecule has 0 spiro atoms. The van der Waals surface area contributed by atoms with Crippen molar-refractivity contribution in [3.05, 3.63) is 29.3 Å². The van der Waals surface area contributed by atoms with E-state index in [0.29, 0.717) is 37.6 Å². The first kappa shape index (κ1) is 18.2. The van der Waals surface area contributed by atoms with Crippen molar-refractivity contribution in [3.63, 3.8) is 0 Å². The van der Waals surface area contributed by atoms with Crippen molar-refractivity contribution in [2.45, 2.75) is 6.10 Å². The third-order valence-electron chi connectivity index (χ3n) is 3.71. The molecule has 0 radical (unpaired) electrons. The fourth-order valence-electron chi connectivity index (χ4n) is 2.35. The van der Waals surface area contributed by atoms with Gasteiger partial charge in [-0.25, -0.2) is 4.79 Å². The van der Waals surface area contributed by atoms with Crippen molar-refractivity contribution in [2.75, 3.05) is 51.9 Å². The zero-order valence-electron chi connectivity index (χ0n) is 13.5. The first-order valence-electron chi connectivity index (χ1n) is 7.69. The monoisotopic (exact) mass is 338 g/mol. The number of ether oxygens (including phenoxy) is 2. The van der Waals surface area contributed by atoms with Crippen LogP contribution in [0.4, 0.5) is 5.69 Å². The van der Waals surface area contributed by atoms with Crippen LogP contribution >= 0.6 is 0 Å². The van der Waals surface area contributed by atoms with Crippen LogP contribution in [-0.2, 0) is 9.47 Å². The van der Waals surface area contributed by atoms with Crippen LogP contribution in [0.15, 0.2) is 18.2 Å². The van der Waals surface area contributed by atoms with Crippen LogP contribution in [0.3, 0.4) is 0 Å². The molecule has 2 rings (SSSR count). The van der Waals surface area contributed by atoms with Crippen molar-refractivity contribution in [3.8, 4) is 0 Å². The molecule has 1 saturated heterocycles. The van der Waals surface area contributed by atoms with Gasteiger partial charge in [0.2, 0.25) is 0 Å². The maximum Gasteiger partial charge on any atom is 0.339 e. The zero-order valence-corrected chi connectivity index (χ0v) is 13.5. The number of nitrogens with one attached hydrogen (secondary N) is 1. The first-order valence-corrected chi connectivity index (χ1v) is 7.69. The Morgan fingerprint density at radius 3 is 2.71 bits per heavy atom. The molecular weight excluding hydrogens is 316 g/mol. The number of aliphatic hydroxyl groups is 2. The van der Waals surface area contributed by atoms with Crippen LogP contribution in [0.25, 0.3) is 0 Å². The van der Waals surface area contributed by atoms with Gasteiger partial charge in [-0.15, -0.1) is 0 Å². The van der Waals surface area contributed by atoms with Gasteiger partial charge in [-0.3, -0.25) is 4.79 Å². The summed E-state index contributed by atoms with van der Waals surface area (Å²) in [5.74, 6) is -0.707. The summed E-state index contributed by atoms with van der Waals surface area (Å²) in [5.41, 5.74) is 1.04. The van der Waals surface area contributed by atoms with E-state index in [4.69, 9.17) is 14.6 Å². The molecule has 1 aliphatic rings. The summed E-state index contributed by atoms with van der Waals surface area (Å²) >= 11 is 0. The summed E-state index contributed by atoms with van der Waals surface area (Å²) < 4.78 is 9.96. The number of carbonyl (C=O) groups is 2. The highest BCUT2D eigenvalue weighted by Gasteiger charge is 2.21. The number of rotatable bonds is 6. The van der Waals surface area contributed by atoms with Crippen LogP contribution in [0.1, 0.15) is 20.7 Å². The maximum absolute atomic E-state index is 12.5. The lowest BCUT2D eigenvalue weighted by Gasteiger charge is -2.27. The van der Waals surface area contributed by atoms with Gasteiger partial charge in [0.1, 0.15) is 0 Å². The second kappa shape index (κ2) is 8.62. The minimum atomic E-state index is -0.978. The molecule has 8 heteroatoms. The zero-order chi connectivity index (χ0) is 17.5. The number of anilines is 1. The van der Waals surface area contributed by atoms with Gasteiger partial charge in [0.05, 0.1) is 38.6 Å². The number of aliphatic hydroxyl groups excluding tert-OH is 2. The van der Waals surface area contributed by atoms with Gasteiger partial charge in [0, 0.05) is 30.9 Å². The average Bonchev–Trinajstić information content (AvgIpc) is 2.65. The van der Waals surface area contributed by atoms with Crippen LogP contribution in [-0.4, -0.2) is 79.7 Å². The van der Waals surface area contributed by atoms with Crippen molar-refractivity contribution >= 4 is 17.6 Å². The summed E-state index contributed by atoms with van der Waals surface area (Å²) in [6, 6.07) is 4.62. The van der Waals surface area contributed by atoms with E-state index in [-0.39, 0.29) is 18.0 Å². The smallest absolute Gasteiger partial charge is 0.339 e. The standard InChI is InChI=1S/C16H22N2O6/c1-23-16(22)13-3-2-11(8-14(13)17-9-12(20)10-19)15(21)18-4-6-24-7-5-18/h2-3,8,12,17,19-20H,4-7,9-10H2,1H3. The van der Waals surface area contributed by atoms with Crippen LogP contribution in [0, 0.1) is 0 Å². The van der Waals surface area contributed by atoms with E-state index in [9.17, 15) is 14.7 Å². The SMILES string of the molecule is COC(=O)c1ccc(C(=O)N2CCOCC2)cc1NCC(O)CO. The fraction of sp³-hybridized carbons (Fsp3) is 0.500. The van der Waals surface area contributed by atoms with Crippen LogP contribution < -0.4 is 5.32 Å². The number of methoxy groups -OCH3 is 1. The van der Waals surface area contributed by atoms with Gasteiger partial charge in [0.15, 0.2) is 0 Å². The summed E-state index contributed by atoms with van der Waals surface area (Å²) in [7, 11) is 1.27. The Morgan fingerprint density at radius 1 is 1.38 bits per heavy atom. The van der Waals surface area contributed by atoms with Gasteiger partial charge >= 0.3 is 5.97 Å². The van der Waals surface area contributed by atoms with Crippen molar-refractivity contribution < 1.29 is 29.3 Å². The fourth-order valence-corrected chi connectivity index (χ4v) is 2.35. The number of amides is 1. The summed E-state index contributed by atoms with van der Waals surface area (Å²) in [5, 5.41) is 21.2. The number of hydrogen-bond acceptors (Lipinski definition) is 7. The summed E-state index contributed by atoms with van der Waals surface area (Å²) in [6.45, 7) is 1.66. The van der Waals surface area contributed by atoms with E-state index in [2.05, 4.69) is 5.32 Å². The highest BCUT2D eigenvalue weighted by Crippen LogP contribution is 2.20. The van der Waals surface area contributed by atoms with Gasteiger partial charge in [-0.05, 0) is 18.2 Å².